The quantitative estimate of drug-likeness (QED) is 0.782. The Labute approximate surface area is 94.2 Å². The molecule has 1 fully saturated rings. The molecule has 1 aromatic carbocycles. The Kier molecular flexibility index (Phi) is 3.60. The van der Waals surface area contributed by atoms with Gasteiger partial charge < -0.3 is 0 Å². The summed E-state index contributed by atoms with van der Waals surface area (Å²) in [6, 6.07) is 8.63. The van der Waals surface area contributed by atoms with Crippen molar-refractivity contribution in [1.29, 1.82) is 0 Å². The maximum Gasteiger partial charge on any atom is 0.0233 e. The molecule has 0 atom stereocenters. The molecule has 0 aromatic heterocycles. The minimum atomic E-state index is 1.10. The third-order valence-corrected chi connectivity index (χ3v) is 3.15. The minimum Gasteiger partial charge on any atom is -0.299 e. The smallest absolute Gasteiger partial charge is 0.0233 e. The van der Waals surface area contributed by atoms with Crippen molar-refractivity contribution in [3.05, 3.63) is 40.7 Å². The average Bonchev–Trinajstić information content (AvgIpc) is 2.23. The monoisotopic (exact) mass is 252 g/mol. The van der Waals surface area contributed by atoms with Gasteiger partial charge >= 0.3 is 0 Å². The van der Waals surface area contributed by atoms with Gasteiger partial charge in [-0.25, -0.2) is 0 Å². The summed E-state index contributed by atoms with van der Waals surface area (Å²) in [5.74, 6) is 0. The molecule has 1 saturated heterocycles. The number of hydrogen-bond acceptors (Lipinski definition) is 1. The van der Waals surface area contributed by atoms with Gasteiger partial charge in [0.05, 0.1) is 0 Å². The van der Waals surface area contributed by atoms with Crippen molar-refractivity contribution in [2.45, 2.75) is 19.4 Å². The lowest BCUT2D eigenvalue weighted by atomic mass is 10.1. The number of piperidine rings is 1. The van der Waals surface area contributed by atoms with Crippen LogP contribution in [-0.4, -0.2) is 18.0 Å². The summed E-state index contributed by atoms with van der Waals surface area (Å²) in [7, 11) is 0. The van der Waals surface area contributed by atoms with E-state index in [0.29, 0.717) is 0 Å². The molecule has 75 valence electrons. The summed E-state index contributed by atoms with van der Waals surface area (Å²) < 4.78 is 1.16. The van der Waals surface area contributed by atoms with Gasteiger partial charge in [-0.3, -0.25) is 4.90 Å². The van der Waals surface area contributed by atoms with Crippen LogP contribution in [0.2, 0.25) is 0 Å². The van der Waals surface area contributed by atoms with Crippen LogP contribution in [0.3, 0.4) is 0 Å². The van der Waals surface area contributed by atoms with E-state index in [2.05, 4.69) is 51.5 Å². The molecule has 1 nitrogen and oxygen atoms in total. The van der Waals surface area contributed by atoms with Gasteiger partial charge in [0.25, 0.3) is 0 Å². The van der Waals surface area contributed by atoms with Crippen molar-refractivity contribution in [3.8, 4) is 0 Å². The predicted octanol–water partition coefficient (Wildman–Crippen LogP) is 3.25. The fourth-order valence-electron chi connectivity index (χ4n) is 1.81. The van der Waals surface area contributed by atoms with Gasteiger partial charge in [0.15, 0.2) is 0 Å². The zero-order valence-corrected chi connectivity index (χ0v) is 9.83. The second-order valence-corrected chi connectivity index (χ2v) is 4.68. The summed E-state index contributed by atoms with van der Waals surface area (Å²) in [4.78, 5) is 2.52. The van der Waals surface area contributed by atoms with Crippen molar-refractivity contribution in [1.82, 2.24) is 4.90 Å². The predicted molar refractivity (Wildman–Crippen MR) is 63.0 cm³/mol. The lowest BCUT2D eigenvalue weighted by molar-refractivity contribution is 0.246. The fraction of sp³-hybridized carbons (Fsp3) is 0.417. The van der Waals surface area contributed by atoms with Crippen molar-refractivity contribution < 1.29 is 0 Å². The van der Waals surface area contributed by atoms with Crippen LogP contribution in [0.1, 0.15) is 18.4 Å². The Hall–Kier alpha value is -0.340. The highest BCUT2D eigenvalue weighted by Gasteiger charge is 2.09. The van der Waals surface area contributed by atoms with Gasteiger partial charge in [-0.05, 0) is 50.0 Å². The van der Waals surface area contributed by atoms with E-state index < -0.39 is 0 Å². The van der Waals surface area contributed by atoms with E-state index in [1.807, 2.05) is 0 Å². The van der Waals surface area contributed by atoms with E-state index in [0.717, 1.165) is 11.0 Å². The molecule has 0 bridgehead atoms. The summed E-state index contributed by atoms with van der Waals surface area (Å²) in [6.45, 7) is 3.53. The molecular weight excluding hydrogens is 238 g/mol. The van der Waals surface area contributed by atoms with Gasteiger partial charge in [0.1, 0.15) is 0 Å². The first-order chi connectivity index (χ1) is 6.84. The second-order valence-electron chi connectivity index (χ2n) is 3.77. The van der Waals surface area contributed by atoms with Crippen LogP contribution in [0, 0.1) is 6.42 Å². The Morgan fingerprint density at radius 3 is 2.36 bits per heavy atom. The molecule has 0 unspecified atom stereocenters. The van der Waals surface area contributed by atoms with Crippen LogP contribution < -0.4 is 0 Å². The summed E-state index contributed by atoms with van der Waals surface area (Å²) >= 11 is 3.45. The molecule has 1 radical (unpaired) electrons. The van der Waals surface area contributed by atoms with Gasteiger partial charge in [0, 0.05) is 11.0 Å². The Bertz CT molecular complexity index is 275. The van der Waals surface area contributed by atoms with Crippen molar-refractivity contribution in [2.75, 3.05) is 13.1 Å². The SMILES string of the molecule is Brc1ccc(CN2CC[CH]CC2)cc1. The largest absolute Gasteiger partial charge is 0.299 e. The Balaban J connectivity index is 1.92. The third kappa shape index (κ3) is 2.82. The number of rotatable bonds is 2. The van der Waals surface area contributed by atoms with Gasteiger partial charge in [-0.2, -0.15) is 0 Å². The number of benzene rings is 1. The standard InChI is InChI=1S/C12H15BrN/c13-12-6-4-11(5-7-12)10-14-8-2-1-3-9-14/h1,4-7H,2-3,8-10H2. The summed E-state index contributed by atoms with van der Waals surface area (Å²) in [6.07, 6.45) is 4.88. The zero-order chi connectivity index (χ0) is 9.80. The molecule has 1 heterocycles. The molecule has 2 heteroatoms. The lowest BCUT2D eigenvalue weighted by Gasteiger charge is -2.26. The zero-order valence-electron chi connectivity index (χ0n) is 8.25. The maximum absolute atomic E-state index is 3.45. The highest BCUT2D eigenvalue weighted by molar-refractivity contribution is 9.10. The maximum atomic E-state index is 3.45. The van der Waals surface area contributed by atoms with Gasteiger partial charge in [0.2, 0.25) is 0 Å². The average molecular weight is 253 g/mol. The van der Waals surface area contributed by atoms with Crippen LogP contribution in [-0.2, 0) is 6.54 Å². The first kappa shape index (κ1) is 10.2. The summed E-state index contributed by atoms with van der Waals surface area (Å²) in [5.41, 5.74) is 1.41. The molecule has 0 amide bonds. The first-order valence-electron chi connectivity index (χ1n) is 5.13. The molecule has 2 rings (SSSR count). The Morgan fingerprint density at radius 1 is 1.07 bits per heavy atom. The van der Waals surface area contributed by atoms with Crippen LogP contribution in [0.4, 0.5) is 0 Å². The Morgan fingerprint density at radius 2 is 1.71 bits per heavy atom. The number of halogens is 1. The van der Waals surface area contributed by atoms with E-state index in [4.69, 9.17) is 0 Å². The number of hydrogen-bond donors (Lipinski definition) is 0. The van der Waals surface area contributed by atoms with Crippen LogP contribution in [0.5, 0.6) is 0 Å². The molecule has 1 aliphatic rings. The third-order valence-electron chi connectivity index (χ3n) is 2.62. The molecule has 0 saturated carbocycles. The molecule has 0 spiro atoms. The molecule has 0 aliphatic carbocycles. The fourth-order valence-corrected chi connectivity index (χ4v) is 2.07. The van der Waals surface area contributed by atoms with Gasteiger partial charge in [-0.15, -0.1) is 0 Å². The second kappa shape index (κ2) is 4.94. The van der Waals surface area contributed by atoms with Gasteiger partial charge in [-0.1, -0.05) is 28.1 Å². The summed E-state index contributed by atoms with van der Waals surface area (Å²) in [5, 5.41) is 0. The van der Waals surface area contributed by atoms with Crippen LogP contribution in [0.25, 0.3) is 0 Å². The normalized spacial score (nSPS) is 18.4. The van der Waals surface area contributed by atoms with Crippen molar-refractivity contribution in [3.63, 3.8) is 0 Å². The molecule has 1 aromatic rings. The highest BCUT2D eigenvalue weighted by Crippen LogP contribution is 2.15. The van der Waals surface area contributed by atoms with E-state index in [9.17, 15) is 0 Å². The van der Waals surface area contributed by atoms with E-state index in [-0.39, 0.29) is 0 Å². The topological polar surface area (TPSA) is 3.24 Å². The number of nitrogens with zero attached hydrogens (tertiary/aromatic N) is 1. The molecule has 1 aliphatic heterocycles. The van der Waals surface area contributed by atoms with Crippen molar-refractivity contribution in [2.24, 2.45) is 0 Å². The molecule has 0 N–H and O–H groups in total. The molecule has 14 heavy (non-hydrogen) atoms. The minimum absolute atomic E-state index is 1.10. The lowest BCUT2D eigenvalue weighted by Crippen LogP contribution is -2.29. The van der Waals surface area contributed by atoms with E-state index in [1.165, 1.54) is 31.5 Å². The first-order valence-corrected chi connectivity index (χ1v) is 5.92. The highest BCUT2D eigenvalue weighted by atomic mass is 79.9. The van der Waals surface area contributed by atoms with Crippen LogP contribution >= 0.6 is 15.9 Å². The van der Waals surface area contributed by atoms with Crippen molar-refractivity contribution >= 4 is 15.9 Å². The van der Waals surface area contributed by atoms with E-state index in [1.54, 1.807) is 0 Å². The van der Waals surface area contributed by atoms with Crippen LogP contribution in [0.15, 0.2) is 28.7 Å². The number of likely N-dealkylation sites (tertiary alicyclic amines) is 1. The molecular formula is C12H15BrN. The van der Waals surface area contributed by atoms with E-state index >= 15 is 0 Å².